The lowest BCUT2D eigenvalue weighted by atomic mass is 10.2. The molecule has 0 amide bonds. The second kappa shape index (κ2) is 5.41. The smallest absolute Gasteiger partial charge is 0.138 e. The Morgan fingerprint density at radius 1 is 1.25 bits per heavy atom. The molecule has 16 heavy (non-hydrogen) atoms. The van der Waals surface area contributed by atoms with E-state index in [1.807, 2.05) is 20.8 Å². The molecule has 2 N–H and O–H groups in total. The standard InChI is InChI=1S/C12H18ClNO2/c1-12(2,3)16-7-6-15-11-5-4-9(14)8-10(11)13/h4-5,8H,6-7,14H2,1-3H3. The summed E-state index contributed by atoms with van der Waals surface area (Å²) in [7, 11) is 0. The molecule has 1 aromatic carbocycles. The lowest BCUT2D eigenvalue weighted by molar-refractivity contribution is -0.0162. The first-order valence-corrected chi connectivity index (χ1v) is 5.58. The van der Waals surface area contributed by atoms with E-state index in [1.54, 1.807) is 18.2 Å². The van der Waals surface area contributed by atoms with Crippen LogP contribution in [0.2, 0.25) is 5.02 Å². The summed E-state index contributed by atoms with van der Waals surface area (Å²) in [4.78, 5) is 0. The number of nitrogens with two attached hydrogens (primary N) is 1. The van der Waals surface area contributed by atoms with Gasteiger partial charge in [0, 0.05) is 5.69 Å². The van der Waals surface area contributed by atoms with Gasteiger partial charge in [-0.05, 0) is 39.0 Å². The van der Waals surface area contributed by atoms with Crippen molar-refractivity contribution in [2.45, 2.75) is 26.4 Å². The van der Waals surface area contributed by atoms with Gasteiger partial charge >= 0.3 is 0 Å². The zero-order valence-electron chi connectivity index (χ0n) is 9.92. The second-order valence-corrected chi connectivity index (χ2v) is 4.91. The van der Waals surface area contributed by atoms with Crippen LogP contribution in [-0.4, -0.2) is 18.8 Å². The van der Waals surface area contributed by atoms with Gasteiger partial charge in [0.05, 0.1) is 17.2 Å². The van der Waals surface area contributed by atoms with E-state index in [2.05, 4.69) is 0 Å². The van der Waals surface area contributed by atoms with Gasteiger partial charge in [0.2, 0.25) is 0 Å². The minimum absolute atomic E-state index is 0.145. The van der Waals surface area contributed by atoms with Crippen molar-refractivity contribution in [2.75, 3.05) is 18.9 Å². The quantitative estimate of drug-likeness (QED) is 0.653. The second-order valence-electron chi connectivity index (χ2n) is 4.50. The minimum Gasteiger partial charge on any atom is -0.490 e. The van der Waals surface area contributed by atoms with Gasteiger partial charge in [-0.3, -0.25) is 0 Å². The van der Waals surface area contributed by atoms with Crippen molar-refractivity contribution in [1.29, 1.82) is 0 Å². The van der Waals surface area contributed by atoms with Gasteiger partial charge in [-0.25, -0.2) is 0 Å². The largest absolute Gasteiger partial charge is 0.490 e. The van der Waals surface area contributed by atoms with Crippen molar-refractivity contribution in [3.05, 3.63) is 23.2 Å². The molecule has 0 unspecified atom stereocenters. The molecule has 0 spiro atoms. The number of benzene rings is 1. The summed E-state index contributed by atoms with van der Waals surface area (Å²) < 4.78 is 11.0. The molecule has 90 valence electrons. The zero-order chi connectivity index (χ0) is 12.2. The van der Waals surface area contributed by atoms with Gasteiger partial charge in [-0.1, -0.05) is 11.6 Å². The van der Waals surface area contributed by atoms with Gasteiger partial charge in [0.15, 0.2) is 0 Å². The normalized spacial score (nSPS) is 11.5. The molecule has 1 aromatic rings. The maximum atomic E-state index is 5.95. The van der Waals surface area contributed by atoms with Crippen LogP contribution in [0.15, 0.2) is 18.2 Å². The highest BCUT2D eigenvalue weighted by atomic mass is 35.5. The predicted molar refractivity (Wildman–Crippen MR) is 67.1 cm³/mol. The van der Waals surface area contributed by atoms with Crippen molar-refractivity contribution >= 4 is 17.3 Å². The predicted octanol–water partition coefficient (Wildman–Crippen LogP) is 3.12. The molecule has 1 rings (SSSR count). The van der Waals surface area contributed by atoms with Crippen LogP contribution in [0.4, 0.5) is 5.69 Å². The average Bonchev–Trinajstić information content (AvgIpc) is 2.13. The van der Waals surface area contributed by atoms with E-state index >= 15 is 0 Å². The van der Waals surface area contributed by atoms with E-state index in [4.69, 9.17) is 26.8 Å². The molecule has 3 nitrogen and oxygen atoms in total. The van der Waals surface area contributed by atoms with Gasteiger partial charge in [0.1, 0.15) is 12.4 Å². The molecule has 0 fully saturated rings. The van der Waals surface area contributed by atoms with Crippen LogP contribution >= 0.6 is 11.6 Å². The third-order valence-electron chi connectivity index (χ3n) is 1.83. The lowest BCUT2D eigenvalue weighted by Crippen LogP contribution is -2.22. The Balaban J connectivity index is 2.38. The van der Waals surface area contributed by atoms with E-state index in [0.29, 0.717) is 29.7 Å². The minimum atomic E-state index is -0.145. The van der Waals surface area contributed by atoms with E-state index in [1.165, 1.54) is 0 Å². The number of nitrogen functional groups attached to an aromatic ring is 1. The first kappa shape index (κ1) is 13.1. The van der Waals surface area contributed by atoms with Gasteiger partial charge < -0.3 is 15.2 Å². The molecule has 0 aliphatic heterocycles. The number of rotatable bonds is 4. The number of hydrogen-bond acceptors (Lipinski definition) is 3. The Kier molecular flexibility index (Phi) is 4.44. The first-order chi connectivity index (χ1) is 7.38. The highest BCUT2D eigenvalue weighted by Gasteiger charge is 2.09. The third-order valence-corrected chi connectivity index (χ3v) is 2.13. The summed E-state index contributed by atoms with van der Waals surface area (Å²) in [6.07, 6.45) is 0. The topological polar surface area (TPSA) is 44.5 Å². The highest BCUT2D eigenvalue weighted by molar-refractivity contribution is 6.32. The van der Waals surface area contributed by atoms with Crippen LogP contribution in [-0.2, 0) is 4.74 Å². The average molecular weight is 244 g/mol. The van der Waals surface area contributed by atoms with Crippen molar-refractivity contribution in [1.82, 2.24) is 0 Å². The van der Waals surface area contributed by atoms with Crippen molar-refractivity contribution in [3.63, 3.8) is 0 Å². The van der Waals surface area contributed by atoms with Crippen LogP contribution < -0.4 is 10.5 Å². The number of hydrogen-bond donors (Lipinski definition) is 1. The van der Waals surface area contributed by atoms with Gasteiger partial charge in [-0.15, -0.1) is 0 Å². The molecule has 0 bridgehead atoms. The van der Waals surface area contributed by atoms with E-state index in [9.17, 15) is 0 Å². The molecular formula is C12H18ClNO2. The van der Waals surface area contributed by atoms with Crippen LogP contribution in [0.1, 0.15) is 20.8 Å². The van der Waals surface area contributed by atoms with Crippen LogP contribution in [0.5, 0.6) is 5.75 Å². The molecule has 0 aliphatic carbocycles. The summed E-state index contributed by atoms with van der Waals surface area (Å²) in [6, 6.07) is 5.18. The number of halogens is 1. The maximum Gasteiger partial charge on any atom is 0.138 e. The Morgan fingerprint density at radius 2 is 1.94 bits per heavy atom. The Hall–Kier alpha value is -0.930. The Bertz CT molecular complexity index is 347. The highest BCUT2D eigenvalue weighted by Crippen LogP contribution is 2.26. The van der Waals surface area contributed by atoms with Crippen molar-refractivity contribution in [3.8, 4) is 5.75 Å². The summed E-state index contributed by atoms with van der Waals surface area (Å²) in [5, 5.41) is 0.524. The summed E-state index contributed by atoms with van der Waals surface area (Å²) in [5.74, 6) is 0.633. The molecule has 0 saturated heterocycles. The zero-order valence-corrected chi connectivity index (χ0v) is 10.7. The SMILES string of the molecule is CC(C)(C)OCCOc1ccc(N)cc1Cl. The molecular weight excluding hydrogens is 226 g/mol. The van der Waals surface area contributed by atoms with E-state index in [-0.39, 0.29) is 5.60 Å². The number of ether oxygens (including phenoxy) is 2. The molecule has 0 radical (unpaired) electrons. The maximum absolute atomic E-state index is 5.95. The fourth-order valence-electron chi connectivity index (χ4n) is 1.13. The fraction of sp³-hybridized carbons (Fsp3) is 0.500. The summed E-state index contributed by atoms with van der Waals surface area (Å²) in [5.41, 5.74) is 6.06. The van der Waals surface area contributed by atoms with Gasteiger partial charge in [0.25, 0.3) is 0 Å². The summed E-state index contributed by atoms with van der Waals surface area (Å²) in [6.45, 7) is 7.01. The van der Waals surface area contributed by atoms with Crippen LogP contribution in [0.25, 0.3) is 0 Å². The molecule has 0 aliphatic rings. The molecule has 0 saturated carbocycles. The van der Waals surface area contributed by atoms with Gasteiger partial charge in [-0.2, -0.15) is 0 Å². The van der Waals surface area contributed by atoms with Crippen molar-refractivity contribution in [2.24, 2.45) is 0 Å². The third kappa shape index (κ3) is 4.73. The Morgan fingerprint density at radius 3 is 2.50 bits per heavy atom. The lowest BCUT2D eigenvalue weighted by Gasteiger charge is -2.19. The van der Waals surface area contributed by atoms with Crippen LogP contribution in [0, 0.1) is 0 Å². The fourth-order valence-corrected chi connectivity index (χ4v) is 1.38. The van der Waals surface area contributed by atoms with Crippen LogP contribution in [0.3, 0.4) is 0 Å². The Labute approximate surface area is 101 Å². The van der Waals surface area contributed by atoms with Crippen molar-refractivity contribution < 1.29 is 9.47 Å². The van der Waals surface area contributed by atoms with E-state index in [0.717, 1.165) is 0 Å². The molecule has 4 heteroatoms. The molecule has 0 aromatic heterocycles. The first-order valence-electron chi connectivity index (χ1n) is 5.20. The monoisotopic (exact) mass is 243 g/mol. The molecule has 0 heterocycles. The van der Waals surface area contributed by atoms with E-state index < -0.39 is 0 Å². The molecule has 0 atom stereocenters. The summed E-state index contributed by atoms with van der Waals surface area (Å²) >= 11 is 5.95. The number of anilines is 1.